The topological polar surface area (TPSA) is 133 Å². The van der Waals surface area contributed by atoms with Gasteiger partial charge in [-0.1, -0.05) is 23.3 Å². The van der Waals surface area contributed by atoms with Gasteiger partial charge in [0.25, 0.3) is 0 Å². The number of carbonyl (C=O) groups is 2. The molecular weight excluding hydrogens is 400 g/mol. The van der Waals surface area contributed by atoms with Crippen molar-refractivity contribution >= 4 is 35.1 Å². The van der Waals surface area contributed by atoms with E-state index in [1.165, 1.54) is 0 Å². The Kier molecular flexibility index (Phi) is 5.78. The zero-order chi connectivity index (χ0) is 21.8. The van der Waals surface area contributed by atoms with E-state index < -0.39 is 11.9 Å². The van der Waals surface area contributed by atoms with Gasteiger partial charge in [-0.15, -0.1) is 5.10 Å². The molecule has 3 N–H and O–H groups in total. The zero-order valence-corrected chi connectivity index (χ0v) is 16.9. The maximum atomic E-state index is 12.4. The number of aromatic nitrogens is 3. The number of piperidine rings is 1. The standard InChI is InChI=1S/C21H22N6O4/c1-13-11-16(12-22-17(13)27-9-7-14(8-10-27)20(29)30)23-18(28)19-25-26-21(31-19)24-15-5-3-2-4-6-15/h2-6,11-12,14H,7-10H2,1H3,(H,23,28)(H,24,26)(H,29,30). The van der Waals surface area contributed by atoms with Crippen molar-refractivity contribution < 1.29 is 19.1 Å². The maximum Gasteiger partial charge on any atom is 0.320 e. The minimum atomic E-state index is -0.745. The molecule has 0 bridgehead atoms. The smallest absolute Gasteiger partial charge is 0.320 e. The fourth-order valence-electron chi connectivity index (χ4n) is 3.50. The monoisotopic (exact) mass is 422 g/mol. The summed E-state index contributed by atoms with van der Waals surface area (Å²) < 4.78 is 5.38. The highest BCUT2D eigenvalue weighted by Crippen LogP contribution is 2.26. The lowest BCUT2D eigenvalue weighted by Crippen LogP contribution is -2.37. The molecule has 10 heteroatoms. The number of carbonyl (C=O) groups excluding carboxylic acids is 1. The summed E-state index contributed by atoms with van der Waals surface area (Å²) in [4.78, 5) is 30.1. The van der Waals surface area contributed by atoms with E-state index in [4.69, 9.17) is 9.52 Å². The molecule has 1 aromatic carbocycles. The van der Waals surface area contributed by atoms with Crippen molar-refractivity contribution in [1.29, 1.82) is 0 Å². The quantitative estimate of drug-likeness (QED) is 0.548. The van der Waals surface area contributed by atoms with Crippen molar-refractivity contribution in [2.75, 3.05) is 28.6 Å². The number of hydrogen-bond donors (Lipinski definition) is 3. The Morgan fingerprint density at radius 2 is 1.87 bits per heavy atom. The Hall–Kier alpha value is -3.95. The number of anilines is 4. The minimum absolute atomic E-state index is 0.116. The second kappa shape index (κ2) is 8.82. The molecule has 1 aliphatic rings. The summed E-state index contributed by atoms with van der Waals surface area (Å²) in [6.07, 6.45) is 2.74. The van der Waals surface area contributed by atoms with Crippen LogP contribution in [-0.2, 0) is 4.79 Å². The molecule has 160 valence electrons. The van der Waals surface area contributed by atoms with Gasteiger partial charge in [-0.05, 0) is 43.5 Å². The van der Waals surface area contributed by atoms with Crippen molar-refractivity contribution in [3.05, 3.63) is 54.0 Å². The van der Waals surface area contributed by atoms with E-state index in [0.29, 0.717) is 31.6 Å². The fourth-order valence-corrected chi connectivity index (χ4v) is 3.50. The van der Waals surface area contributed by atoms with Gasteiger partial charge in [-0.3, -0.25) is 9.59 Å². The Balaban J connectivity index is 1.38. The molecule has 2 aromatic heterocycles. The van der Waals surface area contributed by atoms with Gasteiger partial charge in [0.1, 0.15) is 5.82 Å². The van der Waals surface area contributed by atoms with E-state index in [0.717, 1.165) is 17.1 Å². The van der Waals surface area contributed by atoms with Gasteiger partial charge < -0.3 is 25.1 Å². The Labute approximate surface area is 178 Å². The molecule has 1 aliphatic heterocycles. The third-order valence-electron chi connectivity index (χ3n) is 5.10. The number of carboxylic acids is 1. The second-order valence-corrected chi connectivity index (χ2v) is 7.32. The van der Waals surface area contributed by atoms with Crippen LogP contribution in [0, 0.1) is 12.8 Å². The van der Waals surface area contributed by atoms with E-state index in [1.54, 1.807) is 6.20 Å². The van der Waals surface area contributed by atoms with Crippen LogP contribution >= 0.6 is 0 Å². The molecule has 1 saturated heterocycles. The number of amides is 1. The number of nitrogens with one attached hydrogen (secondary N) is 2. The molecule has 0 aliphatic carbocycles. The molecule has 10 nitrogen and oxygen atoms in total. The summed E-state index contributed by atoms with van der Waals surface area (Å²) >= 11 is 0. The molecule has 3 heterocycles. The molecule has 0 saturated carbocycles. The third-order valence-corrected chi connectivity index (χ3v) is 5.10. The van der Waals surface area contributed by atoms with E-state index in [-0.39, 0.29) is 17.8 Å². The first-order chi connectivity index (χ1) is 15.0. The average Bonchev–Trinajstić information content (AvgIpc) is 3.23. The zero-order valence-electron chi connectivity index (χ0n) is 16.9. The van der Waals surface area contributed by atoms with Crippen LogP contribution in [0.1, 0.15) is 29.1 Å². The maximum absolute atomic E-state index is 12.4. The number of nitrogens with zero attached hydrogens (tertiary/aromatic N) is 4. The Morgan fingerprint density at radius 1 is 1.13 bits per heavy atom. The number of benzene rings is 1. The van der Waals surface area contributed by atoms with Crippen LogP contribution < -0.4 is 15.5 Å². The van der Waals surface area contributed by atoms with Crippen LogP contribution in [-0.4, -0.2) is 45.3 Å². The number of aryl methyl sites for hydroxylation is 1. The van der Waals surface area contributed by atoms with E-state index in [9.17, 15) is 9.59 Å². The number of hydrogen-bond acceptors (Lipinski definition) is 8. The molecule has 0 unspecified atom stereocenters. The van der Waals surface area contributed by atoms with Crippen LogP contribution in [0.15, 0.2) is 47.0 Å². The number of rotatable bonds is 6. The second-order valence-electron chi connectivity index (χ2n) is 7.32. The highest BCUT2D eigenvalue weighted by Gasteiger charge is 2.26. The first-order valence-corrected chi connectivity index (χ1v) is 9.91. The molecular formula is C21H22N6O4. The predicted molar refractivity (Wildman–Crippen MR) is 114 cm³/mol. The average molecular weight is 422 g/mol. The number of aliphatic carboxylic acids is 1. The number of carboxylic acid groups (broad SMARTS) is 1. The van der Waals surface area contributed by atoms with Crippen molar-refractivity contribution in [2.24, 2.45) is 5.92 Å². The summed E-state index contributed by atoms with van der Waals surface area (Å²) in [5, 5.41) is 22.4. The van der Waals surface area contributed by atoms with Gasteiger partial charge in [0.05, 0.1) is 17.8 Å². The van der Waals surface area contributed by atoms with Crippen LogP contribution in [0.4, 0.5) is 23.2 Å². The molecule has 3 aromatic rings. The predicted octanol–water partition coefficient (Wildman–Crippen LogP) is 3.07. The first kappa shape index (κ1) is 20.3. The Bertz CT molecular complexity index is 1080. The van der Waals surface area contributed by atoms with Gasteiger partial charge in [-0.25, -0.2) is 4.98 Å². The van der Waals surface area contributed by atoms with E-state index in [1.807, 2.05) is 43.3 Å². The van der Waals surface area contributed by atoms with Crippen molar-refractivity contribution in [3.8, 4) is 0 Å². The largest absolute Gasteiger partial charge is 0.481 e. The fraction of sp³-hybridized carbons (Fsp3) is 0.286. The molecule has 0 spiro atoms. The minimum Gasteiger partial charge on any atom is -0.481 e. The Morgan fingerprint density at radius 3 is 2.55 bits per heavy atom. The van der Waals surface area contributed by atoms with Gasteiger partial charge in [0.15, 0.2) is 0 Å². The van der Waals surface area contributed by atoms with Crippen LogP contribution in [0.3, 0.4) is 0 Å². The van der Waals surface area contributed by atoms with Gasteiger partial charge >= 0.3 is 23.8 Å². The van der Waals surface area contributed by atoms with Crippen molar-refractivity contribution in [1.82, 2.24) is 15.2 Å². The lowest BCUT2D eigenvalue weighted by molar-refractivity contribution is -0.142. The summed E-state index contributed by atoms with van der Waals surface area (Å²) in [5.74, 6) is -0.967. The van der Waals surface area contributed by atoms with Crippen LogP contribution in [0.2, 0.25) is 0 Å². The van der Waals surface area contributed by atoms with E-state index >= 15 is 0 Å². The molecule has 1 fully saturated rings. The molecule has 0 radical (unpaired) electrons. The van der Waals surface area contributed by atoms with Crippen molar-refractivity contribution in [3.63, 3.8) is 0 Å². The summed E-state index contributed by atoms with van der Waals surface area (Å²) in [6.45, 7) is 3.17. The SMILES string of the molecule is Cc1cc(NC(=O)c2nnc(Nc3ccccc3)o2)cnc1N1CCC(C(=O)O)CC1. The number of pyridine rings is 1. The van der Waals surface area contributed by atoms with Crippen LogP contribution in [0.5, 0.6) is 0 Å². The van der Waals surface area contributed by atoms with Gasteiger partial charge in [0.2, 0.25) is 0 Å². The van der Waals surface area contributed by atoms with E-state index in [2.05, 4.69) is 30.7 Å². The number of para-hydroxylation sites is 1. The molecule has 0 atom stereocenters. The van der Waals surface area contributed by atoms with Crippen LogP contribution in [0.25, 0.3) is 0 Å². The van der Waals surface area contributed by atoms with Crippen molar-refractivity contribution in [2.45, 2.75) is 19.8 Å². The summed E-state index contributed by atoms with van der Waals surface area (Å²) in [7, 11) is 0. The molecule has 4 rings (SSSR count). The van der Waals surface area contributed by atoms with Gasteiger partial charge in [0, 0.05) is 18.8 Å². The third kappa shape index (κ3) is 4.80. The summed E-state index contributed by atoms with van der Waals surface area (Å²) in [6, 6.07) is 11.2. The molecule has 1 amide bonds. The van der Waals surface area contributed by atoms with Gasteiger partial charge in [-0.2, -0.15) is 0 Å². The first-order valence-electron chi connectivity index (χ1n) is 9.91. The highest BCUT2D eigenvalue weighted by molar-refractivity contribution is 6.01. The highest BCUT2D eigenvalue weighted by atomic mass is 16.4. The lowest BCUT2D eigenvalue weighted by Gasteiger charge is -2.32. The molecule has 31 heavy (non-hydrogen) atoms. The summed E-state index contributed by atoms with van der Waals surface area (Å²) in [5.41, 5.74) is 2.15. The normalized spacial score (nSPS) is 14.3. The lowest BCUT2D eigenvalue weighted by atomic mass is 9.97.